The second-order valence-electron chi connectivity index (χ2n) is 3.83. The first-order valence-electron chi connectivity index (χ1n) is 5.55. The highest BCUT2D eigenvalue weighted by Gasteiger charge is 2.22. The van der Waals surface area contributed by atoms with Gasteiger partial charge in [0.1, 0.15) is 5.01 Å². The SMILES string of the molecule is O=[N+]([O-])c1cc(F)c(F)cc1-c1nnc(CCCCl)s1. The van der Waals surface area contributed by atoms with Gasteiger partial charge in [-0.25, -0.2) is 8.78 Å². The molecule has 0 aliphatic rings. The number of hydrogen-bond donors (Lipinski definition) is 0. The maximum Gasteiger partial charge on any atom is 0.282 e. The summed E-state index contributed by atoms with van der Waals surface area (Å²) in [5, 5.41) is 19.4. The molecule has 0 N–H and O–H groups in total. The zero-order chi connectivity index (χ0) is 14.7. The monoisotopic (exact) mass is 319 g/mol. The highest BCUT2D eigenvalue weighted by molar-refractivity contribution is 7.14. The largest absolute Gasteiger partial charge is 0.282 e. The Morgan fingerprint density at radius 3 is 2.65 bits per heavy atom. The number of nitro groups is 1. The molecule has 0 unspecified atom stereocenters. The lowest BCUT2D eigenvalue weighted by Gasteiger charge is -2.00. The number of aryl methyl sites for hydroxylation is 1. The molecule has 0 atom stereocenters. The van der Waals surface area contributed by atoms with Crippen LogP contribution in [0.3, 0.4) is 0 Å². The topological polar surface area (TPSA) is 68.9 Å². The van der Waals surface area contributed by atoms with Crippen LogP contribution >= 0.6 is 22.9 Å². The predicted molar refractivity (Wildman–Crippen MR) is 71.0 cm³/mol. The lowest BCUT2D eigenvalue weighted by atomic mass is 10.2. The molecule has 2 aromatic rings. The first-order valence-corrected chi connectivity index (χ1v) is 6.90. The van der Waals surface area contributed by atoms with Crippen molar-refractivity contribution in [1.82, 2.24) is 10.2 Å². The van der Waals surface area contributed by atoms with Gasteiger partial charge in [-0.1, -0.05) is 11.3 Å². The summed E-state index contributed by atoms with van der Waals surface area (Å²) < 4.78 is 26.3. The van der Waals surface area contributed by atoms with E-state index in [0.717, 1.165) is 17.4 Å². The number of nitro benzene ring substituents is 1. The van der Waals surface area contributed by atoms with Crippen molar-refractivity contribution in [2.24, 2.45) is 0 Å². The summed E-state index contributed by atoms with van der Waals surface area (Å²) in [6.07, 6.45) is 1.27. The zero-order valence-electron chi connectivity index (χ0n) is 9.98. The van der Waals surface area contributed by atoms with Crippen LogP contribution in [0.1, 0.15) is 11.4 Å². The molecule has 2 rings (SSSR count). The van der Waals surface area contributed by atoms with Gasteiger partial charge < -0.3 is 0 Å². The first-order chi connectivity index (χ1) is 9.52. The third-order valence-corrected chi connectivity index (χ3v) is 3.74. The Balaban J connectivity index is 2.43. The van der Waals surface area contributed by atoms with Crippen LogP contribution in [0.15, 0.2) is 12.1 Å². The minimum absolute atomic E-state index is 0.0801. The number of rotatable bonds is 5. The lowest BCUT2D eigenvalue weighted by molar-refractivity contribution is -0.384. The second-order valence-corrected chi connectivity index (χ2v) is 5.27. The van der Waals surface area contributed by atoms with Crippen LogP contribution in [0.2, 0.25) is 0 Å². The van der Waals surface area contributed by atoms with E-state index >= 15 is 0 Å². The zero-order valence-corrected chi connectivity index (χ0v) is 11.5. The molecule has 1 aromatic heterocycles. The Labute approximate surface area is 121 Å². The third-order valence-electron chi connectivity index (χ3n) is 2.46. The normalized spacial score (nSPS) is 10.8. The minimum atomic E-state index is -1.27. The number of hydrogen-bond acceptors (Lipinski definition) is 5. The Kier molecular flexibility index (Phi) is 4.56. The van der Waals surface area contributed by atoms with Crippen LogP contribution in [0.4, 0.5) is 14.5 Å². The summed E-state index contributed by atoms with van der Waals surface area (Å²) in [6.45, 7) is 0. The molecule has 0 fully saturated rings. The number of aromatic nitrogens is 2. The quantitative estimate of drug-likeness (QED) is 0.480. The average Bonchev–Trinajstić information content (AvgIpc) is 2.87. The van der Waals surface area contributed by atoms with Crippen LogP contribution in [-0.2, 0) is 6.42 Å². The van der Waals surface area contributed by atoms with Gasteiger partial charge in [-0.15, -0.1) is 21.8 Å². The van der Waals surface area contributed by atoms with Gasteiger partial charge in [0.15, 0.2) is 16.6 Å². The molecule has 9 heteroatoms. The Morgan fingerprint density at radius 1 is 1.30 bits per heavy atom. The van der Waals surface area contributed by atoms with E-state index in [-0.39, 0.29) is 10.6 Å². The summed E-state index contributed by atoms with van der Waals surface area (Å²) >= 11 is 6.65. The summed E-state index contributed by atoms with van der Waals surface area (Å²) in [5.74, 6) is -1.98. The number of benzene rings is 1. The van der Waals surface area contributed by atoms with Crippen molar-refractivity contribution in [3.8, 4) is 10.6 Å². The number of halogens is 3. The molecule has 1 heterocycles. The highest BCUT2D eigenvalue weighted by Crippen LogP contribution is 2.33. The van der Waals surface area contributed by atoms with Crippen molar-refractivity contribution in [2.75, 3.05) is 5.88 Å². The van der Waals surface area contributed by atoms with Gasteiger partial charge in [0.25, 0.3) is 5.69 Å². The molecule has 0 radical (unpaired) electrons. The molecule has 5 nitrogen and oxygen atoms in total. The van der Waals surface area contributed by atoms with E-state index in [9.17, 15) is 18.9 Å². The van der Waals surface area contributed by atoms with Gasteiger partial charge in [0.05, 0.1) is 16.6 Å². The molecule has 0 spiro atoms. The van der Waals surface area contributed by atoms with Crippen molar-refractivity contribution in [3.63, 3.8) is 0 Å². The molecule has 0 bridgehead atoms. The van der Waals surface area contributed by atoms with Crippen LogP contribution in [-0.4, -0.2) is 21.0 Å². The van der Waals surface area contributed by atoms with E-state index in [2.05, 4.69) is 10.2 Å². The third kappa shape index (κ3) is 3.07. The highest BCUT2D eigenvalue weighted by atomic mass is 35.5. The Hall–Kier alpha value is -1.67. The predicted octanol–water partition coefficient (Wildman–Crippen LogP) is 3.56. The van der Waals surface area contributed by atoms with Gasteiger partial charge in [-0.05, 0) is 12.5 Å². The minimum Gasteiger partial charge on any atom is -0.258 e. The van der Waals surface area contributed by atoms with Gasteiger partial charge in [0.2, 0.25) is 0 Å². The molecule has 0 aliphatic carbocycles. The van der Waals surface area contributed by atoms with Gasteiger partial charge in [-0.3, -0.25) is 10.1 Å². The molecular weight excluding hydrogens is 312 g/mol. The van der Waals surface area contributed by atoms with Crippen molar-refractivity contribution in [1.29, 1.82) is 0 Å². The fourth-order valence-corrected chi connectivity index (χ4v) is 2.58. The van der Waals surface area contributed by atoms with E-state index < -0.39 is 22.2 Å². The lowest BCUT2D eigenvalue weighted by Crippen LogP contribution is -1.95. The van der Waals surface area contributed by atoms with Crippen molar-refractivity contribution < 1.29 is 13.7 Å². The molecule has 0 saturated carbocycles. The molecule has 0 saturated heterocycles. The van der Waals surface area contributed by atoms with E-state index in [1.165, 1.54) is 0 Å². The number of nitrogens with zero attached hydrogens (tertiary/aromatic N) is 3. The van der Waals surface area contributed by atoms with Crippen LogP contribution in [0.5, 0.6) is 0 Å². The van der Waals surface area contributed by atoms with Crippen molar-refractivity contribution >= 4 is 28.6 Å². The molecule has 0 amide bonds. The molecular formula is C11H8ClF2N3O2S. The summed E-state index contributed by atoms with van der Waals surface area (Å²) in [6, 6.07) is 1.31. The van der Waals surface area contributed by atoms with Crippen molar-refractivity contribution in [3.05, 3.63) is 38.9 Å². The van der Waals surface area contributed by atoms with Crippen LogP contribution in [0, 0.1) is 21.7 Å². The average molecular weight is 320 g/mol. The number of alkyl halides is 1. The summed E-state index contributed by atoms with van der Waals surface area (Å²) in [5.41, 5.74) is -0.618. The Bertz CT molecular complexity index is 651. The smallest absolute Gasteiger partial charge is 0.258 e. The summed E-state index contributed by atoms with van der Waals surface area (Å²) in [4.78, 5) is 10.1. The molecule has 20 heavy (non-hydrogen) atoms. The van der Waals surface area contributed by atoms with Crippen LogP contribution in [0.25, 0.3) is 10.6 Å². The second kappa shape index (κ2) is 6.19. The van der Waals surface area contributed by atoms with E-state index in [4.69, 9.17) is 11.6 Å². The van der Waals surface area contributed by atoms with Crippen LogP contribution < -0.4 is 0 Å². The molecule has 1 aromatic carbocycles. The van der Waals surface area contributed by atoms with E-state index in [0.29, 0.717) is 29.8 Å². The van der Waals surface area contributed by atoms with Gasteiger partial charge in [0, 0.05) is 12.3 Å². The molecule has 106 valence electrons. The van der Waals surface area contributed by atoms with Gasteiger partial charge in [-0.2, -0.15) is 0 Å². The van der Waals surface area contributed by atoms with E-state index in [1.807, 2.05) is 0 Å². The van der Waals surface area contributed by atoms with Crippen molar-refractivity contribution in [2.45, 2.75) is 12.8 Å². The fourth-order valence-electron chi connectivity index (χ4n) is 1.54. The Morgan fingerprint density at radius 2 is 2.00 bits per heavy atom. The van der Waals surface area contributed by atoms with E-state index in [1.54, 1.807) is 0 Å². The maximum atomic E-state index is 13.3. The standard InChI is InChI=1S/C11H8ClF2N3O2S/c12-3-1-2-10-15-16-11(20-10)6-4-7(13)8(14)5-9(6)17(18)19/h4-5H,1-3H2. The molecule has 0 aliphatic heterocycles. The first kappa shape index (κ1) is 14.7. The maximum absolute atomic E-state index is 13.3. The van der Waals surface area contributed by atoms with Gasteiger partial charge >= 0.3 is 0 Å². The fraction of sp³-hybridized carbons (Fsp3) is 0.273. The summed E-state index contributed by atoms with van der Waals surface area (Å²) in [7, 11) is 0.